The van der Waals surface area contributed by atoms with Crippen molar-refractivity contribution in [1.29, 1.82) is 0 Å². The van der Waals surface area contributed by atoms with Crippen LogP contribution < -0.4 is 5.73 Å². The maximum atomic E-state index is 5.89. The van der Waals surface area contributed by atoms with Gasteiger partial charge in [-0.25, -0.2) is 9.97 Å². The molecule has 0 spiro atoms. The van der Waals surface area contributed by atoms with Crippen molar-refractivity contribution in [1.82, 2.24) is 9.97 Å². The molecule has 0 radical (unpaired) electrons. The Morgan fingerprint density at radius 2 is 2.14 bits per heavy atom. The third-order valence-corrected chi connectivity index (χ3v) is 3.27. The molecule has 0 atom stereocenters. The summed E-state index contributed by atoms with van der Waals surface area (Å²) in [5.41, 5.74) is 7.18. The molecule has 14 heavy (non-hydrogen) atoms. The van der Waals surface area contributed by atoms with Gasteiger partial charge < -0.3 is 5.73 Å². The highest BCUT2D eigenvalue weighted by Crippen LogP contribution is 2.38. The molecule has 0 saturated heterocycles. The predicted octanol–water partition coefficient (Wildman–Crippen LogP) is 1.56. The van der Waals surface area contributed by atoms with Crippen LogP contribution in [0.1, 0.15) is 37.2 Å². The Balaban J connectivity index is 2.35. The van der Waals surface area contributed by atoms with Crippen LogP contribution in [-0.2, 0) is 5.41 Å². The van der Waals surface area contributed by atoms with E-state index in [-0.39, 0.29) is 5.41 Å². The third-order valence-electron chi connectivity index (χ3n) is 3.27. The van der Waals surface area contributed by atoms with E-state index in [1.54, 1.807) is 0 Å². The molecule has 2 rings (SSSR count). The van der Waals surface area contributed by atoms with Gasteiger partial charge in [0, 0.05) is 18.2 Å². The van der Waals surface area contributed by atoms with Gasteiger partial charge in [0.25, 0.3) is 0 Å². The zero-order valence-corrected chi connectivity index (χ0v) is 8.66. The Morgan fingerprint density at radius 1 is 1.43 bits per heavy atom. The van der Waals surface area contributed by atoms with Gasteiger partial charge in [0.1, 0.15) is 5.82 Å². The standard InChI is InChI=1S/C11H17N3/c1-9-13-7-4-10(14-9)11(8-12)5-2-3-6-11/h4,7H,2-3,5-6,8,12H2,1H3. The van der Waals surface area contributed by atoms with Crippen molar-refractivity contribution in [3.05, 3.63) is 23.8 Å². The molecule has 1 heterocycles. The predicted molar refractivity (Wildman–Crippen MR) is 56.0 cm³/mol. The summed E-state index contributed by atoms with van der Waals surface area (Å²) in [5, 5.41) is 0. The fourth-order valence-corrected chi connectivity index (χ4v) is 2.37. The van der Waals surface area contributed by atoms with E-state index >= 15 is 0 Å². The minimum Gasteiger partial charge on any atom is -0.330 e. The van der Waals surface area contributed by atoms with E-state index in [4.69, 9.17) is 5.73 Å². The molecule has 2 N–H and O–H groups in total. The lowest BCUT2D eigenvalue weighted by Gasteiger charge is -2.26. The summed E-state index contributed by atoms with van der Waals surface area (Å²) < 4.78 is 0. The zero-order chi connectivity index (χ0) is 10.0. The van der Waals surface area contributed by atoms with Crippen LogP contribution in [0.3, 0.4) is 0 Å². The number of rotatable bonds is 2. The van der Waals surface area contributed by atoms with Crippen LogP contribution in [0.2, 0.25) is 0 Å². The van der Waals surface area contributed by atoms with Gasteiger partial charge >= 0.3 is 0 Å². The van der Waals surface area contributed by atoms with E-state index in [1.807, 2.05) is 19.2 Å². The average Bonchev–Trinajstić information content (AvgIpc) is 2.67. The van der Waals surface area contributed by atoms with Gasteiger partial charge in [0.05, 0.1) is 5.69 Å². The van der Waals surface area contributed by atoms with Crippen molar-refractivity contribution in [2.75, 3.05) is 6.54 Å². The Morgan fingerprint density at radius 3 is 2.71 bits per heavy atom. The second-order valence-corrected chi connectivity index (χ2v) is 4.18. The van der Waals surface area contributed by atoms with Crippen molar-refractivity contribution in [2.45, 2.75) is 38.0 Å². The number of aromatic nitrogens is 2. The second-order valence-electron chi connectivity index (χ2n) is 4.18. The topological polar surface area (TPSA) is 51.8 Å². The van der Waals surface area contributed by atoms with Crippen LogP contribution in [-0.4, -0.2) is 16.5 Å². The molecule has 1 aromatic heterocycles. The lowest BCUT2D eigenvalue weighted by atomic mass is 9.82. The Bertz CT molecular complexity index is 316. The fraction of sp³-hybridized carbons (Fsp3) is 0.636. The van der Waals surface area contributed by atoms with E-state index in [0.29, 0.717) is 6.54 Å². The molecule has 3 nitrogen and oxygen atoms in total. The largest absolute Gasteiger partial charge is 0.330 e. The maximum Gasteiger partial charge on any atom is 0.125 e. The van der Waals surface area contributed by atoms with Gasteiger partial charge in [-0.2, -0.15) is 0 Å². The minimum atomic E-state index is 0.147. The quantitative estimate of drug-likeness (QED) is 0.771. The van der Waals surface area contributed by atoms with Crippen molar-refractivity contribution in [2.24, 2.45) is 5.73 Å². The van der Waals surface area contributed by atoms with Crippen LogP contribution >= 0.6 is 0 Å². The SMILES string of the molecule is Cc1nccc(C2(CN)CCCC2)n1. The molecule has 3 heteroatoms. The molecule has 0 amide bonds. The van der Waals surface area contributed by atoms with E-state index in [9.17, 15) is 0 Å². The molecule has 0 bridgehead atoms. The highest BCUT2D eigenvalue weighted by atomic mass is 14.9. The first-order valence-corrected chi connectivity index (χ1v) is 5.27. The molecular weight excluding hydrogens is 174 g/mol. The Labute approximate surface area is 84.8 Å². The molecule has 1 aromatic rings. The highest BCUT2D eigenvalue weighted by molar-refractivity contribution is 5.18. The summed E-state index contributed by atoms with van der Waals surface area (Å²) in [7, 11) is 0. The molecule has 1 aliphatic rings. The van der Waals surface area contributed by atoms with E-state index in [0.717, 1.165) is 11.5 Å². The monoisotopic (exact) mass is 191 g/mol. The lowest BCUT2D eigenvalue weighted by Crippen LogP contribution is -2.33. The summed E-state index contributed by atoms with van der Waals surface area (Å²) in [5.74, 6) is 0.849. The van der Waals surface area contributed by atoms with Gasteiger partial charge in [-0.3, -0.25) is 0 Å². The van der Waals surface area contributed by atoms with E-state index in [2.05, 4.69) is 9.97 Å². The van der Waals surface area contributed by atoms with Gasteiger partial charge in [-0.1, -0.05) is 12.8 Å². The summed E-state index contributed by atoms with van der Waals surface area (Å²) >= 11 is 0. The van der Waals surface area contributed by atoms with Crippen LogP contribution in [0.15, 0.2) is 12.3 Å². The third kappa shape index (κ3) is 1.52. The summed E-state index contributed by atoms with van der Waals surface area (Å²) in [6.45, 7) is 2.64. The smallest absolute Gasteiger partial charge is 0.125 e. The summed E-state index contributed by atoms with van der Waals surface area (Å²) in [6, 6.07) is 2.02. The summed E-state index contributed by atoms with van der Waals surface area (Å²) in [4.78, 5) is 8.63. The lowest BCUT2D eigenvalue weighted by molar-refractivity contribution is 0.437. The van der Waals surface area contributed by atoms with Crippen LogP contribution in [0.25, 0.3) is 0 Å². The number of aryl methyl sites for hydroxylation is 1. The van der Waals surface area contributed by atoms with Gasteiger partial charge in [-0.05, 0) is 25.8 Å². The Hall–Kier alpha value is -0.960. The molecule has 76 valence electrons. The fourth-order valence-electron chi connectivity index (χ4n) is 2.37. The van der Waals surface area contributed by atoms with Crippen molar-refractivity contribution in [3.63, 3.8) is 0 Å². The van der Waals surface area contributed by atoms with Gasteiger partial charge in [-0.15, -0.1) is 0 Å². The Kier molecular flexibility index (Phi) is 2.50. The van der Waals surface area contributed by atoms with Gasteiger partial charge in [0.15, 0.2) is 0 Å². The van der Waals surface area contributed by atoms with Crippen LogP contribution in [0.5, 0.6) is 0 Å². The van der Waals surface area contributed by atoms with Crippen LogP contribution in [0.4, 0.5) is 0 Å². The molecule has 0 aliphatic heterocycles. The second kappa shape index (κ2) is 3.65. The number of nitrogens with two attached hydrogens (primary N) is 1. The first-order chi connectivity index (χ1) is 6.77. The first kappa shape index (κ1) is 9.59. The zero-order valence-electron chi connectivity index (χ0n) is 8.66. The first-order valence-electron chi connectivity index (χ1n) is 5.27. The maximum absolute atomic E-state index is 5.89. The normalized spacial score (nSPS) is 19.9. The van der Waals surface area contributed by atoms with Crippen molar-refractivity contribution in [3.8, 4) is 0 Å². The van der Waals surface area contributed by atoms with Crippen molar-refractivity contribution >= 4 is 0 Å². The molecule has 1 aliphatic carbocycles. The molecule has 1 saturated carbocycles. The molecule has 0 unspecified atom stereocenters. The number of nitrogens with zero attached hydrogens (tertiary/aromatic N) is 2. The van der Waals surface area contributed by atoms with E-state index in [1.165, 1.54) is 25.7 Å². The molecular formula is C11H17N3. The summed E-state index contributed by atoms with van der Waals surface area (Å²) in [6.07, 6.45) is 6.76. The van der Waals surface area contributed by atoms with Crippen molar-refractivity contribution < 1.29 is 0 Å². The molecule has 0 aromatic carbocycles. The number of hydrogen-bond acceptors (Lipinski definition) is 3. The van der Waals surface area contributed by atoms with E-state index < -0.39 is 0 Å². The number of hydrogen-bond donors (Lipinski definition) is 1. The minimum absolute atomic E-state index is 0.147. The molecule has 1 fully saturated rings. The van der Waals surface area contributed by atoms with Crippen LogP contribution in [0, 0.1) is 6.92 Å². The average molecular weight is 191 g/mol. The highest BCUT2D eigenvalue weighted by Gasteiger charge is 2.35. The van der Waals surface area contributed by atoms with Gasteiger partial charge in [0.2, 0.25) is 0 Å².